The minimum Gasteiger partial charge on any atom is -0.465 e. The summed E-state index contributed by atoms with van der Waals surface area (Å²) in [6.45, 7) is 2.12. The summed E-state index contributed by atoms with van der Waals surface area (Å²) in [4.78, 5) is 15.5. The summed E-state index contributed by atoms with van der Waals surface area (Å²) in [5.41, 5.74) is 7.61. The third-order valence-corrected chi connectivity index (χ3v) is 2.49. The van der Waals surface area contributed by atoms with Gasteiger partial charge in [-0.2, -0.15) is 0 Å². The molecular formula is C12H15N3O2. The van der Waals surface area contributed by atoms with Crippen molar-refractivity contribution in [3.05, 3.63) is 36.3 Å². The number of esters is 1. The Morgan fingerprint density at radius 1 is 1.59 bits per heavy atom. The van der Waals surface area contributed by atoms with Crippen LogP contribution in [0.15, 0.2) is 30.7 Å². The lowest BCUT2D eigenvalue weighted by molar-refractivity contribution is -0.144. The second-order valence-corrected chi connectivity index (χ2v) is 3.79. The molecule has 0 spiro atoms. The number of hydrogen-bond donors (Lipinski definition) is 1. The Morgan fingerprint density at radius 3 is 3.18 bits per heavy atom. The van der Waals surface area contributed by atoms with Crippen LogP contribution in [0.3, 0.4) is 0 Å². The fraction of sp³-hybridized carbons (Fsp3) is 0.333. The molecule has 0 amide bonds. The lowest BCUT2D eigenvalue weighted by atomic mass is 10.1. The zero-order valence-corrected chi connectivity index (χ0v) is 9.67. The molecular weight excluding hydrogens is 218 g/mol. The van der Waals surface area contributed by atoms with Crippen LogP contribution in [0.1, 0.15) is 12.5 Å². The predicted octanol–water partition coefficient (Wildman–Crippen LogP) is 0.767. The quantitative estimate of drug-likeness (QED) is 0.792. The van der Waals surface area contributed by atoms with E-state index in [9.17, 15) is 4.79 Å². The lowest BCUT2D eigenvalue weighted by Gasteiger charge is -2.10. The number of nitrogens with zero attached hydrogens (tertiary/aromatic N) is 2. The Labute approximate surface area is 99.2 Å². The number of hydrogen-bond acceptors (Lipinski definition) is 4. The van der Waals surface area contributed by atoms with Gasteiger partial charge in [0.1, 0.15) is 11.7 Å². The number of ether oxygens (including phenoxy) is 1. The van der Waals surface area contributed by atoms with Gasteiger partial charge in [-0.3, -0.25) is 4.79 Å². The summed E-state index contributed by atoms with van der Waals surface area (Å²) in [5.74, 6) is -0.363. The van der Waals surface area contributed by atoms with Crippen LogP contribution in [0.2, 0.25) is 0 Å². The van der Waals surface area contributed by atoms with Crippen LogP contribution in [-0.2, 0) is 16.0 Å². The van der Waals surface area contributed by atoms with E-state index in [1.165, 1.54) is 0 Å². The van der Waals surface area contributed by atoms with E-state index in [-0.39, 0.29) is 5.97 Å². The molecule has 2 aromatic heterocycles. The van der Waals surface area contributed by atoms with E-state index >= 15 is 0 Å². The van der Waals surface area contributed by atoms with Gasteiger partial charge in [-0.25, -0.2) is 4.98 Å². The van der Waals surface area contributed by atoms with Crippen molar-refractivity contribution in [2.75, 3.05) is 6.61 Å². The summed E-state index contributed by atoms with van der Waals surface area (Å²) < 4.78 is 6.76. The number of aromatic nitrogens is 2. The van der Waals surface area contributed by atoms with Crippen LogP contribution in [-0.4, -0.2) is 28.0 Å². The summed E-state index contributed by atoms with van der Waals surface area (Å²) in [7, 11) is 0. The molecule has 0 aromatic carbocycles. The first-order valence-electron chi connectivity index (χ1n) is 5.54. The summed E-state index contributed by atoms with van der Waals surface area (Å²) in [6.07, 6.45) is 5.97. The number of rotatable bonds is 4. The second kappa shape index (κ2) is 4.97. The zero-order valence-electron chi connectivity index (χ0n) is 9.67. The highest BCUT2D eigenvalue weighted by molar-refractivity contribution is 5.75. The van der Waals surface area contributed by atoms with Gasteiger partial charge in [0.2, 0.25) is 0 Å². The highest BCUT2D eigenvalue weighted by atomic mass is 16.5. The Bertz CT molecular complexity index is 521. The number of imidazole rings is 1. The molecule has 5 heteroatoms. The van der Waals surface area contributed by atoms with E-state index in [2.05, 4.69) is 4.98 Å². The average molecular weight is 233 g/mol. The van der Waals surface area contributed by atoms with Crippen molar-refractivity contribution in [2.45, 2.75) is 19.4 Å². The van der Waals surface area contributed by atoms with Gasteiger partial charge in [0.25, 0.3) is 0 Å². The van der Waals surface area contributed by atoms with E-state index in [0.29, 0.717) is 13.0 Å². The Kier molecular flexibility index (Phi) is 3.39. The number of carbonyl (C=O) groups excluding carboxylic acids is 1. The second-order valence-electron chi connectivity index (χ2n) is 3.79. The molecule has 0 aliphatic heterocycles. The van der Waals surface area contributed by atoms with Crippen molar-refractivity contribution in [2.24, 2.45) is 5.73 Å². The molecule has 0 saturated heterocycles. The van der Waals surface area contributed by atoms with Gasteiger partial charge in [-0.15, -0.1) is 0 Å². The zero-order chi connectivity index (χ0) is 12.3. The van der Waals surface area contributed by atoms with E-state index in [1.807, 2.05) is 28.9 Å². The molecule has 2 heterocycles. The molecule has 2 rings (SSSR count). The van der Waals surface area contributed by atoms with Crippen LogP contribution in [0.5, 0.6) is 0 Å². The smallest absolute Gasteiger partial charge is 0.323 e. The highest BCUT2D eigenvalue weighted by Crippen LogP contribution is 2.07. The van der Waals surface area contributed by atoms with Crippen molar-refractivity contribution in [1.29, 1.82) is 0 Å². The van der Waals surface area contributed by atoms with Crippen LogP contribution in [0, 0.1) is 0 Å². The van der Waals surface area contributed by atoms with Gasteiger partial charge in [0.15, 0.2) is 0 Å². The number of carbonyl (C=O) groups is 1. The van der Waals surface area contributed by atoms with Crippen LogP contribution in [0.4, 0.5) is 0 Å². The molecule has 90 valence electrons. The molecule has 5 nitrogen and oxygen atoms in total. The summed E-state index contributed by atoms with van der Waals surface area (Å²) >= 11 is 0. The maximum absolute atomic E-state index is 11.4. The first kappa shape index (κ1) is 11.6. The van der Waals surface area contributed by atoms with Gasteiger partial charge in [-0.1, -0.05) is 6.07 Å². The van der Waals surface area contributed by atoms with Gasteiger partial charge in [0.05, 0.1) is 6.61 Å². The van der Waals surface area contributed by atoms with Crippen LogP contribution < -0.4 is 5.73 Å². The molecule has 0 radical (unpaired) electrons. The van der Waals surface area contributed by atoms with E-state index in [4.69, 9.17) is 10.5 Å². The fourth-order valence-corrected chi connectivity index (χ4v) is 1.67. The van der Waals surface area contributed by atoms with E-state index in [0.717, 1.165) is 11.2 Å². The van der Waals surface area contributed by atoms with E-state index < -0.39 is 6.04 Å². The maximum atomic E-state index is 11.4. The molecule has 17 heavy (non-hydrogen) atoms. The topological polar surface area (TPSA) is 69.6 Å². The molecule has 1 atom stereocenters. The summed E-state index contributed by atoms with van der Waals surface area (Å²) in [6, 6.07) is 3.20. The minimum atomic E-state index is -0.615. The Hall–Kier alpha value is -1.88. The molecule has 0 saturated carbocycles. The van der Waals surface area contributed by atoms with Crippen molar-refractivity contribution in [3.63, 3.8) is 0 Å². The van der Waals surface area contributed by atoms with Gasteiger partial charge >= 0.3 is 5.97 Å². The molecule has 0 bridgehead atoms. The van der Waals surface area contributed by atoms with Crippen molar-refractivity contribution < 1.29 is 9.53 Å². The fourth-order valence-electron chi connectivity index (χ4n) is 1.67. The Morgan fingerprint density at radius 2 is 2.41 bits per heavy atom. The first-order chi connectivity index (χ1) is 8.20. The molecule has 0 aliphatic rings. The average Bonchev–Trinajstić information content (AvgIpc) is 2.76. The summed E-state index contributed by atoms with van der Waals surface area (Å²) in [5, 5.41) is 0. The maximum Gasteiger partial charge on any atom is 0.323 e. The molecule has 0 aliphatic carbocycles. The van der Waals surface area contributed by atoms with Crippen molar-refractivity contribution >= 4 is 11.6 Å². The SMILES string of the molecule is CCOC(=O)C(N)Cc1ccc2nccn2c1. The molecule has 2 aromatic rings. The van der Waals surface area contributed by atoms with Crippen LogP contribution in [0.25, 0.3) is 5.65 Å². The van der Waals surface area contributed by atoms with Gasteiger partial charge in [0, 0.05) is 18.6 Å². The third-order valence-electron chi connectivity index (χ3n) is 2.49. The number of pyridine rings is 1. The molecule has 0 fully saturated rings. The van der Waals surface area contributed by atoms with Crippen molar-refractivity contribution in [1.82, 2.24) is 9.38 Å². The number of nitrogens with two attached hydrogens (primary N) is 1. The highest BCUT2D eigenvalue weighted by Gasteiger charge is 2.15. The normalized spacial score (nSPS) is 12.6. The van der Waals surface area contributed by atoms with Crippen LogP contribution >= 0.6 is 0 Å². The standard InChI is InChI=1S/C12H15N3O2/c1-2-17-12(16)10(13)7-9-3-4-11-14-5-6-15(11)8-9/h3-6,8,10H,2,7,13H2,1H3. The van der Waals surface area contributed by atoms with Gasteiger partial charge in [-0.05, 0) is 25.0 Å². The lowest BCUT2D eigenvalue weighted by Crippen LogP contribution is -2.34. The number of fused-ring (bicyclic) bond motifs is 1. The van der Waals surface area contributed by atoms with Gasteiger partial charge < -0.3 is 14.9 Å². The van der Waals surface area contributed by atoms with E-state index in [1.54, 1.807) is 13.1 Å². The largest absolute Gasteiger partial charge is 0.465 e. The van der Waals surface area contributed by atoms with Crippen molar-refractivity contribution in [3.8, 4) is 0 Å². The first-order valence-corrected chi connectivity index (χ1v) is 5.54. The third kappa shape index (κ3) is 2.62. The minimum absolute atomic E-state index is 0.354. The predicted molar refractivity (Wildman–Crippen MR) is 63.5 cm³/mol. The molecule has 1 unspecified atom stereocenters. The monoisotopic (exact) mass is 233 g/mol. The molecule has 2 N–H and O–H groups in total. The Balaban J connectivity index is 2.09.